The van der Waals surface area contributed by atoms with E-state index in [1.165, 1.54) is 11.8 Å². The summed E-state index contributed by atoms with van der Waals surface area (Å²) in [5.74, 6) is 1.37. The van der Waals surface area contributed by atoms with Gasteiger partial charge < -0.3 is 10.1 Å². The molecule has 3 aromatic rings. The monoisotopic (exact) mass is 394 g/mol. The van der Waals surface area contributed by atoms with Crippen molar-refractivity contribution in [2.45, 2.75) is 11.7 Å². The van der Waals surface area contributed by atoms with Crippen LogP contribution in [0.2, 0.25) is 5.02 Å². The maximum atomic E-state index is 11.9. The number of halogens is 1. The lowest BCUT2D eigenvalue weighted by Gasteiger charge is -2.05. The predicted molar refractivity (Wildman–Crippen MR) is 100 cm³/mol. The number of H-pyrrole nitrogens is 1. The molecule has 2 N–H and O–H groups in total. The zero-order valence-corrected chi connectivity index (χ0v) is 15.7. The first-order chi connectivity index (χ1) is 12.2. The minimum atomic E-state index is -0.0647. The third kappa shape index (κ3) is 4.75. The maximum Gasteiger partial charge on any atom is 0.230 e. The zero-order chi connectivity index (χ0) is 17.6. The Bertz CT molecular complexity index is 852. The van der Waals surface area contributed by atoms with E-state index < -0.39 is 0 Å². The molecule has 2 heterocycles. The summed E-state index contributed by atoms with van der Waals surface area (Å²) in [5, 5.41) is 12.9. The fraction of sp³-hybridized carbons (Fsp3) is 0.188. The van der Waals surface area contributed by atoms with Gasteiger partial charge in [0.2, 0.25) is 11.1 Å². The molecule has 1 aromatic carbocycles. The number of hydrogen-bond acceptors (Lipinski definition) is 6. The van der Waals surface area contributed by atoms with E-state index in [9.17, 15) is 4.79 Å². The number of carbonyl (C=O) groups is 1. The fourth-order valence-electron chi connectivity index (χ4n) is 2.08. The third-order valence-electron chi connectivity index (χ3n) is 3.25. The molecule has 0 saturated carbocycles. The minimum Gasteiger partial charge on any atom is -0.496 e. The average molecular weight is 395 g/mol. The van der Waals surface area contributed by atoms with E-state index in [1.807, 2.05) is 17.5 Å². The Hall–Kier alpha value is -2.03. The number of aromatic amines is 1. The molecule has 0 spiro atoms. The van der Waals surface area contributed by atoms with Crippen LogP contribution in [0.25, 0.3) is 11.4 Å². The van der Waals surface area contributed by atoms with Crippen molar-refractivity contribution in [2.24, 2.45) is 0 Å². The van der Waals surface area contributed by atoms with Gasteiger partial charge in [0.25, 0.3) is 0 Å². The van der Waals surface area contributed by atoms with Crippen molar-refractivity contribution in [3.8, 4) is 17.1 Å². The van der Waals surface area contributed by atoms with Crippen molar-refractivity contribution < 1.29 is 9.53 Å². The summed E-state index contributed by atoms with van der Waals surface area (Å²) in [6.07, 6.45) is 0. The van der Waals surface area contributed by atoms with Crippen LogP contribution < -0.4 is 10.1 Å². The normalized spacial score (nSPS) is 10.6. The van der Waals surface area contributed by atoms with Crippen LogP contribution in [-0.4, -0.2) is 34.0 Å². The van der Waals surface area contributed by atoms with Crippen LogP contribution >= 0.6 is 34.7 Å². The molecule has 0 saturated heterocycles. The average Bonchev–Trinajstić information content (AvgIpc) is 3.30. The quantitative estimate of drug-likeness (QED) is 0.598. The van der Waals surface area contributed by atoms with Gasteiger partial charge in [-0.15, -0.1) is 16.4 Å². The first-order valence-corrected chi connectivity index (χ1v) is 9.58. The summed E-state index contributed by atoms with van der Waals surface area (Å²) in [7, 11) is 1.58. The molecule has 0 aliphatic rings. The molecule has 130 valence electrons. The van der Waals surface area contributed by atoms with Crippen LogP contribution in [0.15, 0.2) is 40.9 Å². The number of nitrogens with one attached hydrogen (secondary N) is 2. The highest BCUT2D eigenvalue weighted by atomic mass is 35.5. The number of carbonyl (C=O) groups excluding carboxylic acids is 1. The summed E-state index contributed by atoms with van der Waals surface area (Å²) in [4.78, 5) is 17.4. The highest BCUT2D eigenvalue weighted by molar-refractivity contribution is 7.99. The highest BCUT2D eigenvalue weighted by Crippen LogP contribution is 2.31. The molecule has 3 rings (SSSR count). The summed E-state index contributed by atoms with van der Waals surface area (Å²) in [6.45, 7) is 0.538. The molecule has 0 radical (unpaired) electrons. The van der Waals surface area contributed by atoms with Crippen molar-refractivity contribution in [3.63, 3.8) is 0 Å². The van der Waals surface area contributed by atoms with Gasteiger partial charge in [0.05, 0.1) is 25.0 Å². The zero-order valence-electron chi connectivity index (χ0n) is 13.3. The Labute approximate surface area is 158 Å². The molecule has 0 unspecified atom stereocenters. The molecular formula is C16H15ClN4O2S2. The number of benzene rings is 1. The highest BCUT2D eigenvalue weighted by Gasteiger charge is 2.13. The molecule has 2 aromatic heterocycles. The summed E-state index contributed by atoms with van der Waals surface area (Å²) in [6, 6.07) is 9.21. The molecule has 0 atom stereocenters. The largest absolute Gasteiger partial charge is 0.496 e. The second-order valence-electron chi connectivity index (χ2n) is 4.96. The van der Waals surface area contributed by atoms with Gasteiger partial charge in [-0.05, 0) is 29.6 Å². The van der Waals surface area contributed by atoms with Crippen LogP contribution in [0.5, 0.6) is 5.75 Å². The van der Waals surface area contributed by atoms with Crippen LogP contribution in [0, 0.1) is 0 Å². The van der Waals surface area contributed by atoms with Crippen LogP contribution in [0.3, 0.4) is 0 Å². The molecule has 6 nitrogen and oxygen atoms in total. The SMILES string of the molecule is COc1ccc(Cl)cc1-c1nc(SCC(=O)NCc2cccs2)n[nH]1. The lowest BCUT2D eigenvalue weighted by atomic mass is 10.2. The molecule has 0 aliphatic heterocycles. The van der Waals surface area contributed by atoms with Crippen LogP contribution in [0.1, 0.15) is 4.88 Å². The second kappa shape index (κ2) is 8.37. The van der Waals surface area contributed by atoms with Gasteiger partial charge in [-0.25, -0.2) is 4.98 Å². The van der Waals surface area contributed by atoms with Crippen molar-refractivity contribution in [2.75, 3.05) is 12.9 Å². The van der Waals surface area contributed by atoms with Gasteiger partial charge >= 0.3 is 0 Å². The van der Waals surface area contributed by atoms with E-state index in [1.54, 1.807) is 36.6 Å². The predicted octanol–water partition coefficient (Wildman–Crippen LogP) is 3.60. The Morgan fingerprint density at radius 1 is 1.44 bits per heavy atom. The van der Waals surface area contributed by atoms with Crippen molar-refractivity contribution in [3.05, 3.63) is 45.6 Å². The molecule has 9 heteroatoms. The standard InChI is InChI=1S/C16H15ClN4O2S2/c1-23-13-5-4-10(17)7-12(13)15-19-16(21-20-15)25-9-14(22)18-8-11-3-2-6-24-11/h2-7H,8-9H2,1H3,(H,18,22)(H,19,20,21). The van der Waals surface area contributed by atoms with E-state index >= 15 is 0 Å². The van der Waals surface area contributed by atoms with Gasteiger partial charge in [-0.3, -0.25) is 9.89 Å². The van der Waals surface area contributed by atoms with Gasteiger partial charge in [0.1, 0.15) is 5.75 Å². The summed E-state index contributed by atoms with van der Waals surface area (Å²) >= 11 is 8.91. The number of methoxy groups -OCH3 is 1. The number of aromatic nitrogens is 3. The molecule has 25 heavy (non-hydrogen) atoms. The lowest BCUT2D eigenvalue weighted by Crippen LogP contribution is -2.24. The number of amides is 1. The van der Waals surface area contributed by atoms with Crippen molar-refractivity contribution in [1.82, 2.24) is 20.5 Å². The van der Waals surface area contributed by atoms with Gasteiger partial charge in [-0.1, -0.05) is 29.4 Å². The van der Waals surface area contributed by atoms with Gasteiger partial charge in [0.15, 0.2) is 5.82 Å². The van der Waals surface area contributed by atoms with E-state index in [0.29, 0.717) is 28.3 Å². The number of nitrogens with zero attached hydrogens (tertiary/aromatic N) is 2. The summed E-state index contributed by atoms with van der Waals surface area (Å²) < 4.78 is 5.31. The van der Waals surface area contributed by atoms with E-state index in [2.05, 4.69) is 20.5 Å². The molecule has 0 fully saturated rings. The molecule has 0 bridgehead atoms. The van der Waals surface area contributed by atoms with Gasteiger partial charge in [-0.2, -0.15) is 0 Å². The van der Waals surface area contributed by atoms with Crippen LogP contribution in [-0.2, 0) is 11.3 Å². The molecule has 0 aliphatic carbocycles. The Morgan fingerprint density at radius 3 is 3.08 bits per heavy atom. The van der Waals surface area contributed by atoms with Crippen molar-refractivity contribution >= 4 is 40.6 Å². The second-order valence-corrected chi connectivity index (χ2v) is 7.37. The Morgan fingerprint density at radius 2 is 2.32 bits per heavy atom. The topological polar surface area (TPSA) is 79.9 Å². The number of rotatable bonds is 7. The third-order valence-corrected chi connectivity index (χ3v) is 5.21. The number of hydrogen-bond donors (Lipinski definition) is 2. The van der Waals surface area contributed by atoms with E-state index in [4.69, 9.17) is 16.3 Å². The van der Waals surface area contributed by atoms with Crippen LogP contribution in [0.4, 0.5) is 0 Å². The first kappa shape index (κ1) is 17.8. The first-order valence-electron chi connectivity index (χ1n) is 7.34. The van der Waals surface area contributed by atoms with E-state index in [0.717, 1.165) is 10.4 Å². The molecule has 1 amide bonds. The summed E-state index contributed by atoms with van der Waals surface area (Å²) in [5.41, 5.74) is 0.719. The van der Waals surface area contributed by atoms with Gasteiger partial charge in [0, 0.05) is 9.90 Å². The number of thioether (sulfide) groups is 1. The fourth-order valence-corrected chi connectivity index (χ4v) is 3.52. The van der Waals surface area contributed by atoms with E-state index in [-0.39, 0.29) is 11.7 Å². The minimum absolute atomic E-state index is 0.0647. The lowest BCUT2D eigenvalue weighted by molar-refractivity contribution is -0.118. The Balaban J connectivity index is 1.58. The number of thiophene rings is 1. The number of ether oxygens (including phenoxy) is 1. The maximum absolute atomic E-state index is 11.9. The smallest absolute Gasteiger partial charge is 0.230 e. The van der Waals surface area contributed by atoms with Crippen molar-refractivity contribution in [1.29, 1.82) is 0 Å². The Kier molecular flexibility index (Phi) is 5.95. The molecular weight excluding hydrogens is 380 g/mol.